The van der Waals surface area contributed by atoms with Gasteiger partial charge >= 0.3 is 5.97 Å². The van der Waals surface area contributed by atoms with E-state index in [1.807, 2.05) is 6.92 Å². The van der Waals surface area contributed by atoms with Gasteiger partial charge in [-0.2, -0.15) is 0 Å². The van der Waals surface area contributed by atoms with Crippen LogP contribution in [0.1, 0.15) is 20.4 Å². The zero-order valence-corrected chi connectivity index (χ0v) is 12.4. The third-order valence-corrected chi connectivity index (χ3v) is 3.67. The minimum atomic E-state index is -1.08. The minimum Gasteiger partial charge on any atom is -0.480 e. The fourth-order valence-corrected chi connectivity index (χ4v) is 2.57. The number of benzene rings is 1. The van der Waals surface area contributed by atoms with Crippen LogP contribution in [-0.4, -0.2) is 28.6 Å². The van der Waals surface area contributed by atoms with E-state index in [1.165, 1.54) is 11.3 Å². The predicted molar refractivity (Wildman–Crippen MR) is 79.1 cm³/mol. The number of nitrogens with one attached hydrogen (secondary N) is 1. The molecule has 0 fully saturated rings. The second-order valence-corrected chi connectivity index (χ2v) is 5.48. The largest absolute Gasteiger partial charge is 0.480 e. The Morgan fingerprint density at radius 3 is 2.67 bits per heavy atom. The summed E-state index contributed by atoms with van der Waals surface area (Å²) >= 11 is 1.31. The summed E-state index contributed by atoms with van der Waals surface area (Å²) in [4.78, 5) is 27.5. The number of nitrogens with zero attached hydrogens (tertiary/aromatic N) is 1. The molecule has 6 nitrogen and oxygen atoms in total. The van der Waals surface area contributed by atoms with Crippen molar-refractivity contribution in [1.82, 2.24) is 4.98 Å². The lowest BCUT2D eigenvalue weighted by atomic mass is 10.2. The van der Waals surface area contributed by atoms with E-state index in [2.05, 4.69) is 10.3 Å². The third kappa shape index (κ3) is 3.79. The molecule has 0 saturated heterocycles. The molecule has 0 radical (unpaired) electrons. The van der Waals surface area contributed by atoms with Crippen molar-refractivity contribution in [2.75, 3.05) is 11.9 Å². The number of aromatic nitrogens is 1. The van der Waals surface area contributed by atoms with Crippen LogP contribution in [0.15, 0.2) is 24.3 Å². The van der Waals surface area contributed by atoms with E-state index >= 15 is 0 Å². The van der Waals surface area contributed by atoms with Crippen LogP contribution in [0.5, 0.6) is 5.75 Å². The molecule has 0 aliphatic rings. The highest BCUT2D eigenvalue weighted by molar-refractivity contribution is 7.13. The van der Waals surface area contributed by atoms with Crippen LogP contribution in [0.2, 0.25) is 0 Å². The number of aryl methyl sites for hydroxylation is 2. The lowest BCUT2D eigenvalue weighted by molar-refractivity contribution is -0.139. The average Bonchev–Trinajstić information content (AvgIpc) is 2.76. The molecule has 0 bridgehead atoms. The Morgan fingerprint density at radius 1 is 1.33 bits per heavy atom. The molecule has 0 spiro atoms. The molecular weight excluding hydrogens is 292 g/mol. The van der Waals surface area contributed by atoms with Crippen molar-refractivity contribution in [3.05, 3.63) is 39.8 Å². The quantitative estimate of drug-likeness (QED) is 0.886. The van der Waals surface area contributed by atoms with E-state index in [0.717, 1.165) is 5.01 Å². The molecular formula is C14H14N2O4S. The van der Waals surface area contributed by atoms with E-state index in [4.69, 9.17) is 9.84 Å². The number of ether oxygens (including phenoxy) is 1. The molecule has 7 heteroatoms. The Hall–Kier alpha value is -2.41. The van der Waals surface area contributed by atoms with E-state index in [9.17, 15) is 9.59 Å². The molecule has 2 rings (SSSR count). The van der Waals surface area contributed by atoms with Gasteiger partial charge in [0.1, 0.15) is 10.6 Å². The Balaban J connectivity index is 2.17. The number of amides is 1. The van der Waals surface area contributed by atoms with Gasteiger partial charge in [0, 0.05) is 0 Å². The summed E-state index contributed by atoms with van der Waals surface area (Å²) < 4.78 is 5.14. The molecule has 2 aromatic rings. The zero-order chi connectivity index (χ0) is 15.4. The van der Waals surface area contributed by atoms with Gasteiger partial charge in [-0.05, 0) is 26.0 Å². The van der Waals surface area contributed by atoms with Gasteiger partial charge in [0.05, 0.1) is 16.4 Å². The van der Waals surface area contributed by atoms with Crippen molar-refractivity contribution < 1.29 is 19.4 Å². The van der Waals surface area contributed by atoms with Gasteiger partial charge in [0.15, 0.2) is 6.61 Å². The van der Waals surface area contributed by atoms with Gasteiger partial charge in [-0.25, -0.2) is 9.78 Å². The van der Waals surface area contributed by atoms with Crippen molar-refractivity contribution >= 4 is 28.9 Å². The Bertz CT molecular complexity index is 681. The number of aliphatic carboxylic acids is 1. The molecule has 0 aliphatic carbocycles. The normalized spacial score (nSPS) is 10.2. The second-order valence-electron chi connectivity index (χ2n) is 4.28. The fraction of sp³-hybridized carbons (Fsp3) is 0.214. The number of hydrogen-bond donors (Lipinski definition) is 2. The molecule has 21 heavy (non-hydrogen) atoms. The molecule has 1 aromatic heterocycles. The molecule has 110 valence electrons. The maximum Gasteiger partial charge on any atom is 0.341 e. The van der Waals surface area contributed by atoms with Crippen LogP contribution >= 0.6 is 11.3 Å². The molecule has 0 unspecified atom stereocenters. The summed E-state index contributed by atoms with van der Waals surface area (Å²) in [6.07, 6.45) is 0. The smallest absolute Gasteiger partial charge is 0.341 e. The fourth-order valence-electron chi connectivity index (χ4n) is 1.76. The van der Waals surface area contributed by atoms with Gasteiger partial charge in [0.2, 0.25) is 0 Å². The van der Waals surface area contributed by atoms with Crippen LogP contribution in [0.4, 0.5) is 5.69 Å². The predicted octanol–water partition coefficient (Wildman–Crippen LogP) is 2.48. The van der Waals surface area contributed by atoms with E-state index in [0.29, 0.717) is 22.0 Å². The number of thiazole rings is 1. The zero-order valence-electron chi connectivity index (χ0n) is 11.5. The second kappa shape index (κ2) is 6.36. The molecule has 0 saturated carbocycles. The SMILES string of the molecule is Cc1nc(C)c(C(=O)Nc2ccccc2OCC(=O)O)s1. The van der Waals surface area contributed by atoms with Gasteiger partial charge in [-0.15, -0.1) is 11.3 Å². The number of rotatable bonds is 5. The van der Waals surface area contributed by atoms with Crippen molar-refractivity contribution in [2.45, 2.75) is 13.8 Å². The first kappa shape index (κ1) is 15.0. The highest BCUT2D eigenvalue weighted by Gasteiger charge is 2.15. The van der Waals surface area contributed by atoms with Crippen LogP contribution in [0, 0.1) is 13.8 Å². The number of carbonyl (C=O) groups is 2. The maximum absolute atomic E-state index is 12.2. The number of carboxylic acid groups (broad SMARTS) is 1. The first-order valence-corrected chi connectivity index (χ1v) is 6.98. The highest BCUT2D eigenvalue weighted by atomic mass is 32.1. The Labute approximate surface area is 125 Å². The monoisotopic (exact) mass is 306 g/mol. The van der Waals surface area contributed by atoms with Crippen molar-refractivity contribution in [1.29, 1.82) is 0 Å². The summed E-state index contributed by atoms with van der Waals surface area (Å²) in [5.41, 5.74) is 1.09. The third-order valence-electron chi connectivity index (χ3n) is 2.60. The van der Waals surface area contributed by atoms with Crippen LogP contribution in [-0.2, 0) is 4.79 Å². The molecule has 0 aliphatic heterocycles. The van der Waals surface area contributed by atoms with Crippen LogP contribution in [0.3, 0.4) is 0 Å². The minimum absolute atomic E-state index is 0.288. The number of anilines is 1. The number of para-hydroxylation sites is 2. The molecule has 1 heterocycles. The molecule has 1 amide bonds. The lowest BCUT2D eigenvalue weighted by Crippen LogP contribution is -2.14. The standard InChI is InChI=1S/C14H14N2O4S/c1-8-13(21-9(2)15-8)14(19)16-10-5-3-4-6-11(10)20-7-12(17)18/h3-6H,7H2,1-2H3,(H,16,19)(H,17,18). The Morgan fingerprint density at radius 2 is 2.05 bits per heavy atom. The van der Waals surface area contributed by atoms with Crippen molar-refractivity contribution in [3.63, 3.8) is 0 Å². The first-order valence-electron chi connectivity index (χ1n) is 6.16. The molecule has 2 N–H and O–H groups in total. The summed E-state index contributed by atoms with van der Waals surface area (Å²) in [7, 11) is 0. The number of hydrogen-bond acceptors (Lipinski definition) is 5. The van der Waals surface area contributed by atoms with Crippen LogP contribution in [0.25, 0.3) is 0 Å². The molecule has 0 atom stereocenters. The summed E-state index contributed by atoms with van der Waals surface area (Å²) in [6.45, 7) is 3.13. The van der Waals surface area contributed by atoms with E-state index in [1.54, 1.807) is 31.2 Å². The average molecular weight is 306 g/mol. The van der Waals surface area contributed by atoms with E-state index in [-0.39, 0.29) is 5.91 Å². The summed E-state index contributed by atoms with van der Waals surface area (Å²) in [5, 5.41) is 12.2. The summed E-state index contributed by atoms with van der Waals surface area (Å²) in [5.74, 6) is -1.05. The van der Waals surface area contributed by atoms with Gasteiger partial charge in [-0.3, -0.25) is 4.79 Å². The Kier molecular flexibility index (Phi) is 4.54. The van der Waals surface area contributed by atoms with Gasteiger partial charge < -0.3 is 15.2 Å². The maximum atomic E-state index is 12.2. The van der Waals surface area contributed by atoms with E-state index < -0.39 is 12.6 Å². The van der Waals surface area contributed by atoms with Gasteiger partial charge in [-0.1, -0.05) is 12.1 Å². The number of carbonyl (C=O) groups excluding carboxylic acids is 1. The van der Waals surface area contributed by atoms with Crippen molar-refractivity contribution in [3.8, 4) is 5.75 Å². The summed E-state index contributed by atoms with van der Waals surface area (Å²) in [6, 6.07) is 6.69. The topological polar surface area (TPSA) is 88.5 Å². The van der Waals surface area contributed by atoms with Crippen LogP contribution < -0.4 is 10.1 Å². The van der Waals surface area contributed by atoms with Gasteiger partial charge in [0.25, 0.3) is 5.91 Å². The highest BCUT2D eigenvalue weighted by Crippen LogP contribution is 2.26. The first-order chi connectivity index (χ1) is 9.97. The molecule has 1 aromatic carbocycles. The number of carboxylic acids is 1. The lowest BCUT2D eigenvalue weighted by Gasteiger charge is -2.10. The van der Waals surface area contributed by atoms with Crippen molar-refractivity contribution in [2.24, 2.45) is 0 Å².